The van der Waals surface area contributed by atoms with Crippen LogP contribution in [0.15, 0.2) is 18.2 Å². The summed E-state index contributed by atoms with van der Waals surface area (Å²) in [7, 11) is 1.52. The molecule has 1 aromatic carbocycles. The van der Waals surface area contributed by atoms with Crippen LogP contribution in [0.5, 0.6) is 0 Å². The van der Waals surface area contributed by atoms with E-state index in [1.807, 2.05) is 0 Å². The van der Waals surface area contributed by atoms with Gasteiger partial charge in [0.15, 0.2) is 0 Å². The Morgan fingerprint density at radius 1 is 1.39 bits per heavy atom. The first-order valence-corrected chi connectivity index (χ1v) is 5.35. The molecule has 0 bridgehead atoms. The summed E-state index contributed by atoms with van der Waals surface area (Å²) in [5.74, 6) is -1.79. The van der Waals surface area contributed by atoms with Gasteiger partial charge in [0.05, 0.1) is 13.1 Å². The number of carbonyl (C=O) groups excluding carboxylic acids is 1. The zero-order valence-corrected chi connectivity index (χ0v) is 10.2. The molecular formula is C12H15FN2O3. The van der Waals surface area contributed by atoms with Gasteiger partial charge >= 0.3 is 5.97 Å². The van der Waals surface area contributed by atoms with Crippen LogP contribution in [0.3, 0.4) is 0 Å². The van der Waals surface area contributed by atoms with Gasteiger partial charge in [-0.15, -0.1) is 0 Å². The maximum absolute atomic E-state index is 13.2. The molecule has 0 radical (unpaired) electrons. The largest absolute Gasteiger partial charge is 0.480 e. The molecule has 0 aliphatic rings. The Kier molecular flexibility index (Phi) is 4.79. The minimum Gasteiger partial charge on any atom is -0.480 e. The van der Waals surface area contributed by atoms with Crippen LogP contribution in [0.4, 0.5) is 10.1 Å². The van der Waals surface area contributed by atoms with E-state index in [1.165, 1.54) is 18.0 Å². The third kappa shape index (κ3) is 4.50. The molecule has 1 aromatic rings. The highest BCUT2D eigenvalue weighted by molar-refractivity contribution is 5.92. The van der Waals surface area contributed by atoms with Gasteiger partial charge in [-0.1, -0.05) is 6.07 Å². The van der Waals surface area contributed by atoms with Gasteiger partial charge in [0.1, 0.15) is 5.82 Å². The van der Waals surface area contributed by atoms with Crippen molar-refractivity contribution in [3.8, 4) is 0 Å². The second-order valence-corrected chi connectivity index (χ2v) is 4.08. The normalized spacial score (nSPS) is 10.4. The number of carboxylic acid groups (broad SMARTS) is 1. The Bertz CT molecular complexity index is 463. The number of hydrogen-bond donors (Lipinski definition) is 2. The van der Waals surface area contributed by atoms with Crippen molar-refractivity contribution in [3.63, 3.8) is 0 Å². The number of carboxylic acids is 1. The standard InChI is InChI=1S/C12H15FN2O3/c1-8-3-4-9(5-10(8)13)14-11(16)6-15(2)7-12(17)18/h3-5H,6-7H2,1-2H3,(H,14,16)(H,17,18). The first-order chi connectivity index (χ1) is 8.38. The number of benzene rings is 1. The molecule has 0 saturated carbocycles. The Morgan fingerprint density at radius 2 is 2.06 bits per heavy atom. The SMILES string of the molecule is Cc1ccc(NC(=O)CN(C)CC(=O)O)cc1F. The molecule has 0 aromatic heterocycles. The number of nitrogens with one attached hydrogen (secondary N) is 1. The summed E-state index contributed by atoms with van der Waals surface area (Å²) in [5, 5.41) is 11.0. The third-order valence-electron chi connectivity index (χ3n) is 2.27. The molecule has 0 aliphatic heterocycles. The zero-order valence-electron chi connectivity index (χ0n) is 10.2. The molecular weight excluding hydrogens is 239 g/mol. The predicted molar refractivity (Wildman–Crippen MR) is 64.9 cm³/mol. The van der Waals surface area contributed by atoms with E-state index in [-0.39, 0.29) is 19.0 Å². The smallest absolute Gasteiger partial charge is 0.317 e. The van der Waals surface area contributed by atoms with E-state index in [1.54, 1.807) is 19.1 Å². The van der Waals surface area contributed by atoms with Crippen LogP contribution in [0.25, 0.3) is 0 Å². The third-order valence-corrected chi connectivity index (χ3v) is 2.27. The molecule has 1 amide bonds. The number of carbonyl (C=O) groups is 2. The summed E-state index contributed by atoms with van der Waals surface area (Å²) in [4.78, 5) is 23.3. The molecule has 6 heteroatoms. The lowest BCUT2D eigenvalue weighted by Crippen LogP contribution is -2.33. The topological polar surface area (TPSA) is 69.6 Å². The summed E-state index contributed by atoms with van der Waals surface area (Å²) in [6.45, 7) is 1.33. The summed E-state index contributed by atoms with van der Waals surface area (Å²) in [6, 6.07) is 4.38. The second-order valence-electron chi connectivity index (χ2n) is 4.08. The number of likely N-dealkylation sites (N-methyl/N-ethyl adjacent to an activating group) is 1. The van der Waals surface area contributed by atoms with Gasteiger partial charge in [-0.3, -0.25) is 14.5 Å². The van der Waals surface area contributed by atoms with Gasteiger partial charge in [-0.05, 0) is 31.7 Å². The van der Waals surface area contributed by atoms with Gasteiger partial charge in [-0.25, -0.2) is 4.39 Å². The highest BCUT2D eigenvalue weighted by atomic mass is 19.1. The van der Waals surface area contributed by atoms with Crippen molar-refractivity contribution in [3.05, 3.63) is 29.6 Å². The van der Waals surface area contributed by atoms with Crippen LogP contribution < -0.4 is 5.32 Å². The molecule has 0 unspecified atom stereocenters. The van der Waals surface area contributed by atoms with Crippen LogP contribution >= 0.6 is 0 Å². The summed E-state index contributed by atoms with van der Waals surface area (Å²) < 4.78 is 13.2. The van der Waals surface area contributed by atoms with Crippen LogP contribution in [-0.4, -0.2) is 42.0 Å². The number of rotatable bonds is 5. The van der Waals surface area contributed by atoms with Crippen molar-refractivity contribution in [2.75, 3.05) is 25.5 Å². The van der Waals surface area contributed by atoms with Crippen LogP contribution in [0.2, 0.25) is 0 Å². The van der Waals surface area contributed by atoms with Crippen LogP contribution in [0.1, 0.15) is 5.56 Å². The second kappa shape index (κ2) is 6.11. The van der Waals surface area contributed by atoms with E-state index >= 15 is 0 Å². The monoisotopic (exact) mass is 254 g/mol. The Hall–Kier alpha value is -1.95. The van der Waals surface area contributed by atoms with Crippen molar-refractivity contribution in [1.29, 1.82) is 0 Å². The van der Waals surface area contributed by atoms with Crippen LogP contribution in [-0.2, 0) is 9.59 Å². The maximum Gasteiger partial charge on any atom is 0.317 e. The Balaban J connectivity index is 2.54. The number of aliphatic carboxylic acids is 1. The van der Waals surface area contributed by atoms with E-state index in [2.05, 4.69) is 5.32 Å². The lowest BCUT2D eigenvalue weighted by atomic mass is 10.2. The number of halogens is 1. The minimum atomic E-state index is -1.01. The lowest BCUT2D eigenvalue weighted by Gasteiger charge is -2.13. The molecule has 98 valence electrons. The number of anilines is 1. The van der Waals surface area contributed by atoms with Gasteiger partial charge in [-0.2, -0.15) is 0 Å². The van der Waals surface area contributed by atoms with E-state index < -0.39 is 11.8 Å². The molecule has 0 atom stereocenters. The number of aryl methyl sites for hydroxylation is 1. The van der Waals surface area contributed by atoms with E-state index in [0.29, 0.717) is 11.3 Å². The summed E-state index contributed by atoms with van der Waals surface area (Å²) >= 11 is 0. The van der Waals surface area contributed by atoms with E-state index in [0.717, 1.165) is 0 Å². The molecule has 0 heterocycles. The minimum absolute atomic E-state index is 0.0677. The molecule has 5 nitrogen and oxygen atoms in total. The number of hydrogen-bond acceptors (Lipinski definition) is 3. The van der Waals surface area contributed by atoms with Crippen molar-refractivity contribution in [2.45, 2.75) is 6.92 Å². The first kappa shape index (κ1) is 14.1. The first-order valence-electron chi connectivity index (χ1n) is 5.35. The van der Waals surface area contributed by atoms with Gasteiger partial charge in [0.25, 0.3) is 0 Å². The molecule has 0 saturated heterocycles. The fourth-order valence-electron chi connectivity index (χ4n) is 1.40. The van der Waals surface area contributed by atoms with Crippen molar-refractivity contribution < 1.29 is 19.1 Å². The number of amides is 1. The van der Waals surface area contributed by atoms with Gasteiger partial charge in [0.2, 0.25) is 5.91 Å². The van der Waals surface area contributed by atoms with Crippen LogP contribution in [0, 0.1) is 12.7 Å². The van der Waals surface area contributed by atoms with E-state index in [9.17, 15) is 14.0 Å². The zero-order chi connectivity index (χ0) is 13.7. The quantitative estimate of drug-likeness (QED) is 0.825. The van der Waals surface area contributed by atoms with Gasteiger partial charge in [0, 0.05) is 5.69 Å². The summed E-state index contributed by atoms with van der Waals surface area (Å²) in [6.07, 6.45) is 0. The molecule has 0 spiro atoms. The highest BCUT2D eigenvalue weighted by Gasteiger charge is 2.10. The molecule has 18 heavy (non-hydrogen) atoms. The Morgan fingerprint density at radius 3 is 2.61 bits per heavy atom. The molecule has 2 N–H and O–H groups in total. The average molecular weight is 254 g/mol. The summed E-state index contributed by atoms with van der Waals surface area (Å²) in [5.41, 5.74) is 0.850. The fourth-order valence-corrected chi connectivity index (χ4v) is 1.40. The van der Waals surface area contributed by atoms with Crippen molar-refractivity contribution >= 4 is 17.6 Å². The molecule has 0 fully saturated rings. The van der Waals surface area contributed by atoms with Crippen molar-refractivity contribution in [1.82, 2.24) is 4.90 Å². The van der Waals surface area contributed by atoms with Crippen molar-refractivity contribution in [2.24, 2.45) is 0 Å². The number of nitrogens with zero attached hydrogens (tertiary/aromatic N) is 1. The predicted octanol–water partition coefficient (Wildman–Crippen LogP) is 1.09. The lowest BCUT2D eigenvalue weighted by molar-refractivity contribution is -0.138. The highest BCUT2D eigenvalue weighted by Crippen LogP contribution is 2.13. The maximum atomic E-state index is 13.2. The molecule has 1 rings (SSSR count). The fraction of sp³-hybridized carbons (Fsp3) is 0.333. The van der Waals surface area contributed by atoms with Gasteiger partial charge < -0.3 is 10.4 Å². The van der Waals surface area contributed by atoms with E-state index in [4.69, 9.17) is 5.11 Å². The molecule has 0 aliphatic carbocycles. The Labute approximate surface area is 104 Å². The average Bonchev–Trinajstić information content (AvgIpc) is 2.21.